The molecule has 128 valence electrons. The highest BCUT2D eigenvalue weighted by Gasteiger charge is 2.26. The predicted molar refractivity (Wildman–Crippen MR) is 94.7 cm³/mol. The Balaban J connectivity index is 1.82. The summed E-state index contributed by atoms with van der Waals surface area (Å²) >= 11 is 4.72. The topological polar surface area (TPSA) is 42.4 Å². The fourth-order valence-corrected chi connectivity index (χ4v) is 3.84. The zero-order valence-electron chi connectivity index (χ0n) is 13.3. The van der Waals surface area contributed by atoms with Gasteiger partial charge in [-0.05, 0) is 38.0 Å². The first-order valence-corrected chi connectivity index (χ1v) is 9.47. The van der Waals surface area contributed by atoms with Crippen LogP contribution in [0.4, 0.5) is 4.39 Å². The Kier molecular flexibility index (Phi) is 5.63. The van der Waals surface area contributed by atoms with Gasteiger partial charge in [0.25, 0.3) is 5.91 Å². The van der Waals surface area contributed by atoms with Gasteiger partial charge in [0.05, 0.1) is 18.2 Å². The van der Waals surface area contributed by atoms with Crippen LogP contribution in [0.3, 0.4) is 0 Å². The van der Waals surface area contributed by atoms with Crippen molar-refractivity contribution in [3.8, 4) is 0 Å². The number of aryl methyl sites for hydroxylation is 1. The molecular formula is C17H18BrFN2O2S. The molecule has 1 aliphatic heterocycles. The number of amides is 1. The number of nitrogens with zero attached hydrogens (tertiary/aromatic N) is 2. The van der Waals surface area contributed by atoms with E-state index in [1.807, 2.05) is 12.3 Å². The number of carbonyl (C=O) groups excluding carboxylic acids is 1. The summed E-state index contributed by atoms with van der Waals surface area (Å²) in [6.45, 7) is 3.45. The van der Waals surface area contributed by atoms with Crippen molar-refractivity contribution in [3.63, 3.8) is 0 Å². The fraction of sp³-hybridized carbons (Fsp3) is 0.412. The average molecular weight is 413 g/mol. The van der Waals surface area contributed by atoms with E-state index in [-0.39, 0.29) is 17.6 Å². The minimum absolute atomic E-state index is 0.00789. The first-order valence-electron chi connectivity index (χ1n) is 7.80. The van der Waals surface area contributed by atoms with Crippen molar-refractivity contribution in [1.82, 2.24) is 9.88 Å². The Hall–Kier alpha value is -1.31. The fourth-order valence-electron chi connectivity index (χ4n) is 2.73. The molecule has 1 unspecified atom stereocenters. The number of ether oxygens (including phenoxy) is 1. The Morgan fingerprint density at radius 1 is 1.54 bits per heavy atom. The van der Waals surface area contributed by atoms with Gasteiger partial charge in [0.1, 0.15) is 10.8 Å². The maximum absolute atomic E-state index is 14.2. The first-order chi connectivity index (χ1) is 11.5. The van der Waals surface area contributed by atoms with Gasteiger partial charge in [-0.3, -0.25) is 4.79 Å². The number of benzene rings is 1. The van der Waals surface area contributed by atoms with Gasteiger partial charge in [-0.2, -0.15) is 0 Å². The molecule has 3 rings (SSSR count). The normalized spacial score (nSPS) is 17.2. The van der Waals surface area contributed by atoms with Crippen LogP contribution in [0.25, 0.3) is 0 Å². The van der Waals surface area contributed by atoms with Crippen molar-refractivity contribution in [2.24, 2.45) is 0 Å². The summed E-state index contributed by atoms with van der Waals surface area (Å²) in [6, 6.07) is 4.50. The molecule has 0 aliphatic carbocycles. The summed E-state index contributed by atoms with van der Waals surface area (Å²) in [5.41, 5.74) is 0.999. The van der Waals surface area contributed by atoms with Crippen molar-refractivity contribution in [1.29, 1.82) is 0 Å². The van der Waals surface area contributed by atoms with E-state index in [0.717, 1.165) is 30.2 Å². The van der Waals surface area contributed by atoms with E-state index in [4.69, 9.17) is 4.74 Å². The van der Waals surface area contributed by atoms with Gasteiger partial charge in [-0.25, -0.2) is 9.37 Å². The van der Waals surface area contributed by atoms with Gasteiger partial charge in [0, 0.05) is 28.7 Å². The molecule has 0 N–H and O–H groups in total. The molecule has 1 atom stereocenters. The molecule has 7 heteroatoms. The van der Waals surface area contributed by atoms with Crippen LogP contribution in [0.2, 0.25) is 0 Å². The van der Waals surface area contributed by atoms with E-state index in [1.54, 1.807) is 11.0 Å². The number of hydrogen-bond donors (Lipinski definition) is 0. The van der Waals surface area contributed by atoms with Gasteiger partial charge < -0.3 is 9.64 Å². The van der Waals surface area contributed by atoms with E-state index in [1.165, 1.54) is 23.5 Å². The minimum atomic E-state index is -0.526. The third-order valence-electron chi connectivity index (χ3n) is 3.89. The first kappa shape index (κ1) is 17.5. The summed E-state index contributed by atoms with van der Waals surface area (Å²) in [5, 5.41) is 2.79. The molecule has 0 bridgehead atoms. The lowest BCUT2D eigenvalue weighted by atomic mass is 10.1. The van der Waals surface area contributed by atoms with E-state index < -0.39 is 5.82 Å². The van der Waals surface area contributed by atoms with Crippen molar-refractivity contribution in [3.05, 3.63) is 50.1 Å². The van der Waals surface area contributed by atoms with Crippen LogP contribution in [0, 0.1) is 12.7 Å². The zero-order valence-corrected chi connectivity index (χ0v) is 15.7. The monoisotopic (exact) mass is 412 g/mol. The lowest BCUT2D eigenvalue weighted by molar-refractivity contribution is 0.0503. The summed E-state index contributed by atoms with van der Waals surface area (Å²) in [7, 11) is 0. The molecule has 4 nitrogen and oxygen atoms in total. The highest BCUT2D eigenvalue weighted by molar-refractivity contribution is 9.10. The Labute approximate surface area is 152 Å². The maximum atomic E-state index is 14.2. The van der Waals surface area contributed by atoms with Crippen LogP contribution in [0.1, 0.15) is 33.9 Å². The highest BCUT2D eigenvalue weighted by Crippen LogP contribution is 2.21. The van der Waals surface area contributed by atoms with Crippen molar-refractivity contribution in [2.45, 2.75) is 32.4 Å². The van der Waals surface area contributed by atoms with Crippen molar-refractivity contribution >= 4 is 33.2 Å². The zero-order chi connectivity index (χ0) is 17.1. The SMILES string of the molecule is Cc1csc(CN(CC2CCCO2)C(=O)c2ccc(Br)cc2F)n1. The van der Waals surface area contributed by atoms with E-state index in [0.29, 0.717) is 17.6 Å². The Morgan fingerprint density at radius 2 is 2.38 bits per heavy atom. The number of carbonyl (C=O) groups is 1. The molecule has 0 radical (unpaired) electrons. The van der Waals surface area contributed by atoms with Crippen molar-refractivity contribution < 1.29 is 13.9 Å². The largest absolute Gasteiger partial charge is 0.376 e. The molecule has 1 aromatic heterocycles. The maximum Gasteiger partial charge on any atom is 0.257 e. The highest BCUT2D eigenvalue weighted by atomic mass is 79.9. The van der Waals surface area contributed by atoms with Crippen LogP contribution >= 0.6 is 27.3 Å². The van der Waals surface area contributed by atoms with Gasteiger partial charge in [0.15, 0.2) is 0 Å². The average Bonchev–Trinajstić information content (AvgIpc) is 3.18. The quantitative estimate of drug-likeness (QED) is 0.739. The van der Waals surface area contributed by atoms with Crippen LogP contribution in [-0.4, -0.2) is 35.0 Å². The lowest BCUT2D eigenvalue weighted by Crippen LogP contribution is -2.37. The van der Waals surface area contributed by atoms with Gasteiger partial charge in [-0.1, -0.05) is 15.9 Å². The summed E-state index contributed by atoms with van der Waals surface area (Å²) in [4.78, 5) is 18.9. The third-order valence-corrected chi connectivity index (χ3v) is 5.33. The van der Waals surface area contributed by atoms with E-state index >= 15 is 0 Å². The van der Waals surface area contributed by atoms with Crippen molar-refractivity contribution in [2.75, 3.05) is 13.2 Å². The summed E-state index contributed by atoms with van der Waals surface area (Å²) < 4.78 is 20.5. The van der Waals surface area contributed by atoms with E-state index in [9.17, 15) is 9.18 Å². The van der Waals surface area contributed by atoms with Crippen LogP contribution < -0.4 is 0 Å². The van der Waals surface area contributed by atoms with Gasteiger partial charge in [0.2, 0.25) is 0 Å². The Bertz CT molecular complexity index is 731. The lowest BCUT2D eigenvalue weighted by Gasteiger charge is -2.25. The summed E-state index contributed by atoms with van der Waals surface area (Å²) in [6.07, 6.45) is 1.92. The van der Waals surface area contributed by atoms with Crippen LogP contribution in [-0.2, 0) is 11.3 Å². The molecule has 2 heterocycles. The molecule has 24 heavy (non-hydrogen) atoms. The number of hydrogen-bond acceptors (Lipinski definition) is 4. The number of rotatable bonds is 5. The van der Waals surface area contributed by atoms with Gasteiger partial charge in [-0.15, -0.1) is 11.3 Å². The second-order valence-electron chi connectivity index (χ2n) is 5.83. The number of halogens is 2. The molecule has 1 aliphatic rings. The third kappa shape index (κ3) is 4.20. The van der Waals surface area contributed by atoms with Crippen LogP contribution in [0.15, 0.2) is 28.1 Å². The predicted octanol–water partition coefficient (Wildman–Crippen LogP) is 4.17. The minimum Gasteiger partial charge on any atom is -0.376 e. The summed E-state index contributed by atoms with van der Waals surface area (Å²) in [5.74, 6) is -0.856. The molecule has 0 saturated carbocycles. The number of aromatic nitrogens is 1. The molecule has 1 amide bonds. The molecule has 0 spiro atoms. The molecule has 1 fully saturated rings. The molecular weight excluding hydrogens is 395 g/mol. The standard InChI is InChI=1S/C17H18BrFN2O2S/c1-11-10-24-16(20-11)9-21(8-13-3-2-6-23-13)17(22)14-5-4-12(18)7-15(14)19/h4-5,7,10,13H,2-3,6,8-9H2,1H3. The Morgan fingerprint density at radius 3 is 3.00 bits per heavy atom. The van der Waals surface area contributed by atoms with Crippen LogP contribution in [0.5, 0.6) is 0 Å². The number of thiazole rings is 1. The molecule has 1 aromatic carbocycles. The van der Waals surface area contributed by atoms with Gasteiger partial charge >= 0.3 is 0 Å². The molecule has 1 saturated heterocycles. The second kappa shape index (κ2) is 7.72. The molecule has 2 aromatic rings. The second-order valence-corrected chi connectivity index (χ2v) is 7.69. The van der Waals surface area contributed by atoms with E-state index in [2.05, 4.69) is 20.9 Å². The smallest absolute Gasteiger partial charge is 0.257 e.